The van der Waals surface area contributed by atoms with Crippen LogP contribution in [0.3, 0.4) is 0 Å². The molecular formula is C49H64N2O8. The molecule has 6 rings (SSSR count). The van der Waals surface area contributed by atoms with Crippen molar-refractivity contribution in [2.75, 3.05) is 33.5 Å². The molecule has 1 saturated carbocycles. The second-order valence-electron chi connectivity index (χ2n) is 17.6. The fraction of sp³-hybridized carbons (Fsp3) is 0.510. The lowest BCUT2D eigenvalue weighted by molar-refractivity contribution is -0.253. The van der Waals surface area contributed by atoms with Gasteiger partial charge in [0.1, 0.15) is 29.9 Å². The molecule has 10 nitrogen and oxygen atoms in total. The minimum absolute atomic E-state index is 0.0867. The summed E-state index contributed by atoms with van der Waals surface area (Å²) >= 11 is 0. The summed E-state index contributed by atoms with van der Waals surface area (Å²) in [6, 6.07) is 21.4. The van der Waals surface area contributed by atoms with Crippen LogP contribution in [0.1, 0.15) is 93.9 Å². The second kappa shape index (κ2) is 19.6. The van der Waals surface area contributed by atoms with Crippen molar-refractivity contribution < 1.29 is 38.8 Å². The van der Waals surface area contributed by atoms with E-state index in [4.69, 9.17) is 28.9 Å². The van der Waals surface area contributed by atoms with E-state index < -0.39 is 23.8 Å². The third kappa shape index (κ3) is 10.2. The second-order valence-corrected chi connectivity index (χ2v) is 17.6. The summed E-state index contributed by atoms with van der Waals surface area (Å²) in [6.45, 7) is 15.2. The van der Waals surface area contributed by atoms with Crippen LogP contribution >= 0.6 is 0 Å². The molecule has 0 spiro atoms. The molecule has 0 aromatic heterocycles. The Morgan fingerprint density at radius 3 is 2.37 bits per heavy atom. The predicted octanol–water partition coefficient (Wildman–Crippen LogP) is 10.0. The Balaban J connectivity index is 1.55. The highest BCUT2D eigenvalue weighted by Gasteiger charge is 2.65. The first kappa shape index (κ1) is 43.9. The van der Waals surface area contributed by atoms with E-state index in [2.05, 4.69) is 38.6 Å². The number of rotatable bonds is 18. The number of ether oxygens (including phenoxy) is 4. The van der Waals surface area contributed by atoms with Gasteiger partial charge in [0.15, 0.2) is 0 Å². The lowest BCUT2D eigenvalue weighted by Gasteiger charge is -2.59. The predicted molar refractivity (Wildman–Crippen MR) is 231 cm³/mol. The normalized spacial score (nSPS) is 24.0. The van der Waals surface area contributed by atoms with Crippen molar-refractivity contribution in [3.8, 4) is 17.2 Å². The molecule has 2 N–H and O–H groups in total. The van der Waals surface area contributed by atoms with Crippen molar-refractivity contribution in [2.24, 2.45) is 28.3 Å². The van der Waals surface area contributed by atoms with E-state index in [-0.39, 0.29) is 62.6 Å². The molecule has 6 unspecified atom stereocenters. The van der Waals surface area contributed by atoms with Gasteiger partial charge in [-0.25, -0.2) is 4.79 Å². The SMILES string of the molecule is C=CCOC12Oc3ccc(Oc4ccc(C)c(C)c4)cc3C3C(CCCCO)C(CCCCO)C=C(C(=NOCc4ccccc4)CC1N(C)C(=O)OCC(C)(C)C)C32. The van der Waals surface area contributed by atoms with E-state index in [1.807, 2.05) is 75.4 Å². The monoisotopic (exact) mass is 808 g/mol. The van der Waals surface area contributed by atoms with Gasteiger partial charge in [0, 0.05) is 38.2 Å². The zero-order chi connectivity index (χ0) is 42.2. The van der Waals surface area contributed by atoms with Crippen LogP contribution in [0.25, 0.3) is 0 Å². The number of hydrogen-bond acceptors (Lipinski definition) is 9. The van der Waals surface area contributed by atoms with E-state index in [1.165, 1.54) is 5.56 Å². The Labute approximate surface area is 350 Å². The molecule has 10 heteroatoms. The smallest absolute Gasteiger partial charge is 0.410 e. The third-order valence-corrected chi connectivity index (χ3v) is 12.0. The van der Waals surface area contributed by atoms with Gasteiger partial charge in [-0.3, -0.25) is 0 Å². The number of hydrogen-bond donors (Lipinski definition) is 2. The number of carbonyl (C=O) groups is 1. The van der Waals surface area contributed by atoms with E-state index in [9.17, 15) is 15.0 Å². The Morgan fingerprint density at radius 2 is 1.68 bits per heavy atom. The summed E-state index contributed by atoms with van der Waals surface area (Å²) in [4.78, 5) is 21.9. The Morgan fingerprint density at radius 1 is 0.966 bits per heavy atom. The van der Waals surface area contributed by atoms with Crippen molar-refractivity contribution in [1.82, 2.24) is 4.90 Å². The number of aryl methyl sites for hydroxylation is 2. The summed E-state index contributed by atoms with van der Waals surface area (Å²) < 4.78 is 26.8. The first-order valence-electron chi connectivity index (χ1n) is 21.3. The maximum absolute atomic E-state index is 14.1. The maximum atomic E-state index is 14.1. The molecule has 2 aliphatic carbocycles. The zero-order valence-electron chi connectivity index (χ0n) is 35.8. The molecule has 1 aliphatic heterocycles. The molecule has 59 heavy (non-hydrogen) atoms. The Bertz CT molecular complexity index is 1950. The van der Waals surface area contributed by atoms with E-state index in [0.717, 1.165) is 59.4 Å². The van der Waals surface area contributed by atoms with E-state index in [0.29, 0.717) is 24.3 Å². The van der Waals surface area contributed by atoms with Gasteiger partial charge >= 0.3 is 6.09 Å². The summed E-state index contributed by atoms with van der Waals surface area (Å²) in [5.41, 5.74) is 5.77. The molecule has 1 heterocycles. The summed E-state index contributed by atoms with van der Waals surface area (Å²) in [5.74, 6) is 0.310. The number of oxime groups is 1. The topological polar surface area (TPSA) is 119 Å². The molecule has 3 aliphatic rings. The number of aliphatic hydroxyl groups is 2. The highest BCUT2D eigenvalue weighted by Crippen LogP contribution is 2.62. The molecule has 0 radical (unpaired) electrons. The maximum Gasteiger partial charge on any atom is 0.410 e. The number of amides is 1. The molecule has 3 aromatic carbocycles. The standard InChI is InChI=1S/C49H64N2O8/c1-8-26-56-49-44(51(7)47(54)55-32-48(4,5)6)30-42(50-57-31-35-16-10-9-11-17-35)40-28-36(18-12-14-24-52)39(19-13-15-25-53)45(46(40)49)41-29-38(22-23-43(41)59-49)58-37-21-20-33(2)34(3)27-37/h8-11,16-17,20-23,27-29,36,39,44-46,52-53H,1,12-15,18-19,24-26,30-32H2,2-7H3. The number of benzene rings is 3. The minimum Gasteiger partial charge on any atom is -0.459 e. The number of unbranched alkanes of at least 4 members (excludes halogenated alkanes) is 2. The van der Waals surface area contributed by atoms with Crippen molar-refractivity contribution in [1.29, 1.82) is 0 Å². The Kier molecular flexibility index (Phi) is 14.6. The van der Waals surface area contributed by atoms with Crippen LogP contribution in [-0.2, 0) is 20.9 Å². The van der Waals surface area contributed by atoms with Gasteiger partial charge in [0.2, 0.25) is 5.79 Å². The number of aliphatic hydroxyl groups excluding tert-OH is 2. The third-order valence-electron chi connectivity index (χ3n) is 12.0. The Hall–Kier alpha value is -4.64. The largest absolute Gasteiger partial charge is 0.459 e. The molecule has 3 aromatic rings. The highest BCUT2D eigenvalue weighted by molar-refractivity contribution is 6.03. The number of likely N-dealkylation sites (N-methyl/N-ethyl adjacent to an activating group) is 1. The number of fused-ring (bicyclic) bond motifs is 2. The van der Waals surface area contributed by atoms with Gasteiger partial charge in [-0.2, -0.15) is 0 Å². The van der Waals surface area contributed by atoms with E-state index in [1.54, 1.807) is 18.0 Å². The summed E-state index contributed by atoms with van der Waals surface area (Å²) in [5, 5.41) is 24.7. The molecule has 6 atom stereocenters. The van der Waals surface area contributed by atoms with Crippen LogP contribution in [-0.4, -0.2) is 72.2 Å². The molecule has 0 bridgehead atoms. The van der Waals surface area contributed by atoms with Gasteiger partial charge in [0.25, 0.3) is 0 Å². The van der Waals surface area contributed by atoms with Crippen molar-refractivity contribution in [3.63, 3.8) is 0 Å². The van der Waals surface area contributed by atoms with Gasteiger partial charge in [0.05, 0.1) is 24.8 Å². The fourth-order valence-electron chi connectivity index (χ4n) is 8.97. The number of carbonyl (C=O) groups excluding carboxylic acids is 1. The first-order valence-corrected chi connectivity index (χ1v) is 21.3. The highest BCUT2D eigenvalue weighted by atomic mass is 16.7. The molecule has 1 amide bonds. The lowest BCUT2D eigenvalue weighted by atomic mass is 9.55. The molecule has 1 fully saturated rings. The van der Waals surface area contributed by atoms with Crippen LogP contribution in [0.5, 0.6) is 17.2 Å². The van der Waals surface area contributed by atoms with Gasteiger partial charge < -0.3 is 38.9 Å². The van der Waals surface area contributed by atoms with Gasteiger partial charge in [-0.15, -0.1) is 6.58 Å². The first-order chi connectivity index (χ1) is 28.4. The minimum atomic E-state index is -1.37. The van der Waals surface area contributed by atoms with Crippen molar-refractivity contribution in [3.05, 3.63) is 113 Å². The van der Waals surface area contributed by atoms with Crippen LogP contribution in [0.2, 0.25) is 0 Å². The van der Waals surface area contributed by atoms with E-state index >= 15 is 0 Å². The molecule has 318 valence electrons. The number of nitrogens with zero attached hydrogens (tertiary/aromatic N) is 2. The van der Waals surface area contributed by atoms with Crippen LogP contribution in [0, 0.1) is 37.0 Å². The van der Waals surface area contributed by atoms with Crippen molar-refractivity contribution >= 4 is 11.8 Å². The zero-order valence-corrected chi connectivity index (χ0v) is 35.8. The summed E-state index contributed by atoms with van der Waals surface area (Å²) in [6.07, 6.45) is 8.59. The van der Waals surface area contributed by atoms with Crippen LogP contribution < -0.4 is 9.47 Å². The van der Waals surface area contributed by atoms with Gasteiger partial charge in [-0.05, 0) is 109 Å². The van der Waals surface area contributed by atoms with Crippen molar-refractivity contribution in [2.45, 2.75) is 104 Å². The van der Waals surface area contributed by atoms with Gasteiger partial charge in [-0.1, -0.05) is 87.3 Å². The quantitative estimate of drug-likeness (QED) is 0.0741. The molecular weight excluding hydrogens is 745 g/mol. The average Bonchev–Trinajstić information content (AvgIpc) is 3.22. The average molecular weight is 809 g/mol. The lowest BCUT2D eigenvalue weighted by Crippen LogP contribution is -2.69. The molecule has 0 saturated heterocycles. The fourth-order valence-corrected chi connectivity index (χ4v) is 8.97. The summed E-state index contributed by atoms with van der Waals surface area (Å²) in [7, 11) is 1.75. The van der Waals surface area contributed by atoms with Crippen LogP contribution in [0.15, 0.2) is 96.2 Å². The van der Waals surface area contributed by atoms with Crippen LogP contribution in [0.4, 0.5) is 4.79 Å². The number of allylic oxidation sites excluding steroid dienone is 1.